The lowest BCUT2D eigenvalue weighted by Crippen LogP contribution is -2.24. The minimum Gasteiger partial charge on any atom is -0.398 e. The van der Waals surface area contributed by atoms with Crippen LogP contribution in [0.2, 0.25) is 0 Å². The number of hydrogen-bond donors (Lipinski definition) is 1. The van der Waals surface area contributed by atoms with E-state index in [9.17, 15) is 4.39 Å². The maximum atomic E-state index is 13.3. The van der Waals surface area contributed by atoms with Gasteiger partial charge in [-0.1, -0.05) is 37.3 Å². The van der Waals surface area contributed by atoms with Crippen LogP contribution in [0.1, 0.15) is 24.5 Å². The van der Waals surface area contributed by atoms with Crippen molar-refractivity contribution in [1.29, 1.82) is 0 Å². The second-order valence-electron chi connectivity index (χ2n) is 5.04. The quantitative estimate of drug-likeness (QED) is 0.810. The van der Waals surface area contributed by atoms with Gasteiger partial charge in [-0.05, 0) is 42.3 Å². The second kappa shape index (κ2) is 7.06. The standard InChI is InChI=1S/C17H21FN2/c1-2-10-20(12-14-6-4-3-5-7-14)13-15-11-16(18)8-9-17(15)19/h3-9,11H,2,10,12-13,19H2,1H3. The summed E-state index contributed by atoms with van der Waals surface area (Å²) < 4.78 is 13.3. The molecule has 2 aromatic carbocycles. The SMILES string of the molecule is CCCN(Cc1ccccc1)Cc1cc(F)ccc1N. The van der Waals surface area contributed by atoms with E-state index in [2.05, 4.69) is 24.0 Å². The van der Waals surface area contributed by atoms with Crippen LogP contribution in [0.3, 0.4) is 0 Å². The Kier molecular flexibility index (Phi) is 5.13. The van der Waals surface area contributed by atoms with Crippen molar-refractivity contribution in [2.75, 3.05) is 12.3 Å². The van der Waals surface area contributed by atoms with Crippen LogP contribution in [-0.4, -0.2) is 11.4 Å². The summed E-state index contributed by atoms with van der Waals surface area (Å²) in [6.45, 7) is 4.63. The normalized spacial score (nSPS) is 10.9. The fourth-order valence-electron chi connectivity index (χ4n) is 2.32. The number of nitrogens with zero attached hydrogens (tertiary/aromatic N) is 1. The van der Waals surface area contributed by atoms with Crippen LogP contribution in [0.15, 0.2) is 48.5 Å². The molecule has 0 spiro atoms. The Morgan fingerprint density at radius 2 is 1.80 bits per heavy atom. The molecule has 3 heteroatoms. The first-order valence-corrected chi connectivity index (χ1v) is 6.99. The van der Waals surface area contributed by atoms with E-state index >= 15 is 0 Å². The van der Waals surface area contributed by atoms with Crippen LogP contribution in [0, 0.1) is 5.82 Å². The largest absolute Gasteiger partial charge is 0.398 e. The van der Waals surface area contributed by atoms with E-state index < -0.39 is 0 Å². The van der Waals surface area contributed by atoms with Crippen molar-refractivity contribution in [3.63, 3.8) is 0 Å². The zero-order valence-corrected chi connectivity index (χ0v) is 11.8. The number of anilines is 1. The average molecular weight is 272 g/mol. The Morgan fingerprint density at radius 3 is 2.50 bits per heavy atom. The molecule has 0 aliphatic rings. The molecule has 0 saturated carbocycles. The van der Waals surface area contributed by atoms with Crippen molar-refractivity contribution in [3.05, 3.63) is 65.5 Å². The van der Waals surface area contributed by atoms with Gasteiger partial charge in [-0.25, -0.2) is 4.39 Å². The minimum atomic E-state index is -0.231. The molecule has 0 aliphatic carbocycles. The fourth-order valence-corrected chi connectivity index (χ4v) is 2.32. The van der Waals surface area contributed by atoms with Gasteiger partial charge in [0.05, 0.1) is 0 Å². The molecule has 2 nitrogen and oxygen atoms in total. The molecular weight excluding hydrogens is 251 g/mol. The summed E-state index contributed by atoms with van der Waals surface area (Å²) in [6, 6.07) is 14.9. The zero-order valence-electron chi connectivity index (χ0n) is 11.8. The number of hydrogen-bond acceptors (Lipinski definition) is 2. The van der Waals surface area contributed by atoms with Crippen molar-refractivity contribution < 1.29 is 4.39 Å². The third-order valence-corrected chi connectivity index (χ3v) is 3.29. The van der Waals surface area contributed by atoms with Crippen molar-refractivity contribution in [3.8, 4) is 0 Å². The molecule has 0 aliphatic heterocycles. The Bertz CT molecular complexity index is 540. The van der Waals surface area contributed by atoms with Crippen LogP contribution >= 0.6 is 0 Å². The highest BCUT2D eigenvalue weighted by atomic mass is 19.1. The molecule has 0 bridgehead atoms. The Hall–Kier alpha value is -1.87. The van der Waals surface area contributed by atoms with Crippen molar-refractivity contribution in [1.82, 2.24) is 4.90 Å². The molecule has 0 radical (unpaired) electrons. The van der Waals surface area contributed by atoms with E-state index in [0.29, 0.717) is 12.2 Å². The number of rotatable bonds is 6. The topological polar surface area (TPSA) is 29.3 Å². The summed E-state index contributed by atoms with van der Waals surface area (Å²) in [5.41, 5.74) is 8.70. The van der Waals surface area contributed by atoms with Gasteiger partial charge in [-0.2, -0.15) is 0 Å². The van der Waals surface area contributed by atoms with Gasteiger partial charge in [0.2, 0.25) is 0 Å². The zero-order chi connectivity index (χ0) is 14.4. The number of nitrogen functional groups attached to an aromatic ring is 1. The van der Waals surface area contributed by atoms with Gasteiger partial charge in [0.1, 0.15) is 5.82 Å². The molecule has 2 aromatic rings. The molecule has 20 heavy (non-hydrogen) atoms. The van der Waals surface area contributed by atoms with Crippen molar-refractivity contribution in [2.45, 2.75) is 26.4 Å². The van der Waals surface area contributed by atoms with Crippen LogP contribution < -0.4 is 5.73 Å². The molecular formula is C17H21FN2. The summed E-state index contributed by atoms with van der Waals surface area (Å²) in [6.07, 6.45) is 1.06. The third kappa shape index (κ3) is 4.07. The monoisotopic (exact) mass is 272 g/mol. The van der Waals surface area contributed by atoms with Crippen LogP contribution in [0.5, 0.6) is 0 Å². The first-order chi connectivity index (χ1) is 9.69. The van der Waals surface area contributed by atoms with Crippen molar-refractivity contribution in [2.24, 2.45) is 0 Å². The lowest BCUT2D eigenvalue weighted by molar-refractivity contribution is 0.257. The van der Waals surface area contributed by atoms with Gasteiger partial charge in [-0.3, -0.25) is 4.90 Å². The average Bonchev–Trinajstić information content (AvgIpc) is 2.44. The second-order valence-corrected chi connectivity index (χ2v) is 5.04. The molecule has 106 valence electrons. The lowest BCUT2D eigenvalue weighted by Gasteiger charge is -2.22. The van der Waals surface area contributed by atoms with E-state index in [1.165, 1.54) is 17.7 Å². The highest BCUT2D eigenvalue weighted by Crippen LogP contribution is 2.17. The maximum Gasteiger partial charge on any atom is 0.123 e. The Morgan fingerprint density at radius 1 is 1.05 bits per heavy atom. The Balaban J connectivity index is 2.11. The van der Waals surface area contributed by atoms with Gasteiger partial charge >= 0.3 is 0 Å². The Labute approximate surface area is 120 Å². The van der Waals surface area contributed by atoms with Gasteiger partial charge in [-0.15, -0.1) is 0 Å². The van der Waals surface area contributed by atoms with Crippen LogP contribution in [0.4, 0.5) is 10.1 Å². The van der Waals surface area contributed by atoms with Gasteiger partial charge in [0.25, 0.3) is 0 Å². The van der Waals surface area contributed by atoms with E-state index in [1.54, 1.807) is 6.07 Å². The fraction of sp³-hybridized carbons (Fsp3) is 0.294. The van der Waals surface area contributed by atoms with Crippen molar-refractivity contribution >= 4 is 5.69 Å². The number of nitrogens with two attached hydrogens (primary N) is 1. The van der Waals surface area contributed by atoms with Crippen LogP contribution in [0.25, 0.3) is 0 Å². The van der Waals surface area contributed by atoms with E-state index in [0.717, 1.165) is 25.1 Å². The first kappa shape index (κ1) is 14.5. The van der Waals surface area contributed by atoms with Gasteiger partial charge in [0, 0.05) is 18.8 Å². The molecule has 0 aromatic heterocycles. The highest BCUT2D eigenvalue weighted by Gasteiger charge is 2.09. The molecule has 0 amide bonds. The maximum absolute atomic E-state index is 13.3. The predicted molar refractivity (Wildman–Crippen MR) is 81.7 cm³/mol. The summed E-state index contributed by atoms with van der Waals surface area (Å²) in [5, 5.41) is 0. The predicted octanol–water partition coefficient (Wildman–Crippen LogP) is 3.82. The highest BCUT2D eigenvalue weighted by molar-refractivity contribution is 5.46. The molecule has 0 fully saturated rings. The number of halogens is 1. The summed E-state index contributed by atoms with van der Waals surface area (Å²) in [7, 11) is 0. The summed E-state index contributed by atoms with van der Waals surface area (Å²) >= 11 is 0. The molecule has 0 heterocycles. The molecule has 2 N–H and O–H groups in total. The first-order valence-electron chi connectivity index (χ1n) is 6.99. The van der Waals surface area contributed by atoms with E-state index in [1.807, 2.05) is 18.2 Å². The van der Waals surface area contributed by atoms with E-state index in [-0.39, 0.29) is 5.82 Å². The minimum absolute atomic E-state index is 0.231. The summed E-state index contributed by atoms with van der Waals surface area (Å²) in [4.78, 5) is 2.29. The van der Waals surface area contributed by atoms with E-state index in [4.69, 9.17) is 5.73 Å². The molecule has 2 rings (SSSR count). The van der Waals surface area contributed by atoms with Gasteiger partial charge in [0.15, 0.2) is 0 Å². The third-order valence-electron chi connectivity index (χ3n) is 3.29. The smallest absolute Gasteiger partial charge is 0.123 e. The lowest BCUT2D eigenvalue weighted by atomic mass is 10.1. The number of benzene rings is 2. The van der Waals surface area contributed by atoms with Gasteiger partial charge < -0.3 is 5.73 Å². The molecule has 0 saturated heterocycles. The van der Waals surface area contributed by atoms with Crippen LogP contribution in [-0.2, 0) is 13.1 Å². The molecule has 0 atom stereocenters. The molecule has 0 unspecified atom stereocenters. The summed E-state index contributed by atoms with van der Waals surface area (Å²) in [5.74, 6) is -0.231.